The third-order valence-electron chi connectivity index (χ3n) is 12.3. The predicted octanol–water partition coefficient (Wildman–Crippen LogP) is 5.03. The smallest absolute Gasteiger partial charge is 0.342 e. The maximum atomic E-state index is 13.9. The van der Waals surface area contributed by atoms with E-state index in [9.17, 15) is 50.4 Å². The number of allylic oxidation sites excluding steroid dienone is 4. The summed E-state index contributed by atoms with van der Waals surface area (Å²) in [7, 11) is 1.26. The molecule has 8 N–H and O–H groups in total. The van der Waals surface area contributed by atoms with Gasteiger partial charge < -0.3 is 74.0 Å². The molecule has 0 amide bonds. The normalized spacial score (nSPS) is 36.6. The lowest BCUT2D eigenvalue weighted by Gasteiger charge is -2.46. The van der Waals surface area contributed by atoms with Gasteiger partial charge in [-0.15, -0.1) is 0 Å². The molecule has 19 heteroatoms. The molecule has 376 valence electrons. The van der Waals surface area contributed by atoms with Crippen LogP contribution in [0, 0.1) is 5.92 Å². The molecule has 2 fully saturated rings. The Hall–Kier alpha value is -3.40. The topological polar surface area (TPSA) is 261 Å². The lowest BCUT2D eigenvalue weighted by atomic mass is 9.88. The van der Waals surface area contributed by atoms with Crippen LogP contribution < -0.4 is 0 Å². The molecule has 0 aromatic heterocycles. The molecule has 3 aliphatic rings. The molecule has 0 aliphatic carbocycles. The second-order valence-electron chi connectivity index (χ2n) is 17.8. The fourth-order valence-corrected chi connectivity index (χ4v) is 8.70. The second kappa shape index (κ2) is 24.4. The number of phenols is 2. The summed E-state index contributed by atoms with van der Waals surface area (Å²) in [4.78, 5) is 27.3. The molecular weight excluding hydrogens is 919 g/mol. The molecule has 2 saturated heterocycles. The number of ether oxygens (including phenoxy) is 7. The van der Waals surface area contributed by atoms with Crippen molar-refractivity contribution < 1.29 is 83.6 Å². The summed E-state index contributed by atoms with van der Waals surface area (Å²) in [5.74, 6) is -3.68. The van der Waals surface area contributed by atoms with E-state index in [1.807, 2.05) is 32.9 Å². The molecule has 0 radical (unpaired) electrons. The van der Waals surface area contributed by atoms with Gasteiger partial charge in [0.1, 0.15) is 47.2 Å². The molecule has 67 heavy (non-hydrogen) atoms. The van der Waals surface area contributed by atoms with E-state index in [0.717, 1.165) is 0 Å². The Morgan fingerprint density at radius 2 is 1.61 bits per heavy atom. The van der Waals surface area contributed by atoms with Gasteiger partial charge >= 0.3 is 11.9 Å². The molecule has 1 aromatic rings. The Kier molecular flexibility index (Phi) is 20.5. The first-order valence-corrected chi connectivity index (χ1v) is 23.1. The van der Waals surface area contributed by atoms with E-state index in [1.54, 1.807) is 39.8 Å². The number of aliphatic hydroxyl groups is 6. The minimum absolute atomic E-state index is 0.0296. The van der Waals surface area contributed by atoms with Crippen LogP contribution >= 0.6 is 23.2 Å². The minimum atomic E-state index is -1.57. The highest BCUT2D eigenvalue weighted by molar-refractivity contribution is 6.39. The largest absolute Gasteiger partial charge is 0.505 e. The zero-order chi connectivity index (χ0) is 50.2. The van der Waals surface area contributed by atoms with Crippen molar-refractivity contribution in [1.82, 2.24) is 0 Å². The van der Waals surface area contributed by atoms with Crippen LogP contribution in [0.4, 0.5) is 0 Å². The van der Waals surface area contributed by atoms with Crippen LogP contribution in [0.3, 0.4) is 0 Å². The van der Waals surface area contributed by atoms with E-state index >= 15 is 0 Å². The number of aliphatic hydroxyl groups excluding tert-OH is 6. The molecule has 0 unspecified atom stereocenters. The molecule has 3 aliphatic heterocycles. The van der Waals surface area contributed by atoms with Gasteiger partial charge in [-0.1, -0.05) is 73.0 Å². The average Bonchev–Trinajstić information content (AvgIpc) is 3.27. The van der Waals surface area contributed by atoms with E-state index in [2.05, 4.69) is 0 Å². The van der Waals surface area contributed by atoms with Crippen molar-refractivity contribution in [3.05, 3.63) is 79.9 Å². The fourth-order valence-electron chi connectivity index (χ4n) is 8.14. The molecule has 17 nitrogen and oxygen atoms in total. The molecular formula is C48H68Cl2O17. The van der Waals surface area contributed by atoms with E-state index in [1.165, 1.54) is 33.1 Å². The zero-order valence-electron chi connectivity index (χ0n) is 39.6. The summed E-state index contributed by atoms with van der Waals surface area (Å²) in [6, 6.07) is 0. The zero-order valence-corrected chi connectivity index (χ0v) is 41.1. The Labute approximate surface area is 401 Å². The van der Waals surface area contributed by atoms with Crippen LogP contribution in [0.5, 0.6) is 11.5 Å². The molecule has 3 heterocycles. The van der Waals surface area contributed by atoms with Gasteiger partial charge in [0, 0.05) is 19.4 Å². The third-order valence-corrected chi connectivity index (χ3v) is 13.1. The summed E-state index contributed by atoms with van der Waals surface area (Å²) in [5, 5.41) is 85.7. The van der Waals surface area contributed by atoms with E-state index in [4.69, 9.17) is 56.4 Å². The van der Waals surface area contributed by atoms with E-state index < -0.39 is 126 Å². The summed E-state index contributed by atoms with van der Waals surface area (Å²) < 4.78 is 41.5. The first-order chi connectivity index (χ1) is 31.4. The highest BCUT2D eigenvalue weighted by Crippen LogP contribution is 2.45. The number of carbonyl (C=O) groups excluding carboxylic acids is 2. The highest BCUT2D eigenvalue weighted by atomic mass is 35.5. The summed E-state index contributed by atoms with van der Waals surface area (Å²) in [6.07, 6.45) is -5.33. The van der Waals surface area contributed by atoms with Crippen LogP contribution in [-0.4, -0.2) is 152 Å². The fraction of sp³-hybridized carbons (Fsp3) is 0.625. The minimum Gasteiger partial charge on any atom is -0.505 e. The van der Waals surface area contributed by atoms with Gasteiger partial charge in [0.05, 0.1) is 47.2 Å². The number of benzene rings is 1. The SMILES string of the molecule is CCc1c(Cl)c(O)c(Cl)c(O)c1C(=O)O[C@@H]1[C@@H](O)[C@@H](OC)[C@@H](OC/C2=C\C=C\C[C@H](O)/C(C)=C/[C@H](CC)[C@@H](O[C@@H]3OC(C)(C)[C@@H](O)[C@H](O)[C@@H]3O)/C(C)=C/C(C)=C/C[C@@H]([C@@H](C)O)OC2=O)O[C@H]1C. The third kappa shape index (κ3) is 13.5. The summed E-state index contributed by atoms with van der Waals surface area (Å²) in [6.45, 7) is 14.7. The number of rotatable bonds is 11. The standard InChI is InChI=1S/C48H68Cl2O17/c1-11-27-20-23(4)30(52)16-14-13-15-28(21-62-47-42(61-10)39(57)41(26(7)63-47)65-45(60)32-29(12-2)33(49)36(54)34(50)35(32)53)44(59)64-31(25(6)51)18-17-22(3)19-24(5)40(27)66-46-38(56)37(55)43(58)48(8,9)67-46/h13-15,17,19-20,25-27,30-31,37-43,46-47,51-58H,11-12,16,18,21H2,1-10H3/b14-13+,22-17+,23-20+,24-19+,28-15+/t25-,26+,27+,30+,31+,37-,38+,39-,40+,41+,42-,43+,46-,47+/m1/s1. The second-order valence-corrected chi connectivity index (χ2v) is 18.6. The van der Waals surface area contributed by atoms with Gasteiger partial charge in [0.25, 0.3) is 0 Å². The Morgan fingerprint density at radius 1 is 0.940 bits per heavy atom. The van der Waals surface area contributed by atoms with Crippen molar-refractivity contribution in [1.29, 1.82) is 0 Å². The van der Waals surface area contributed by atoms with Gasteiger partial charge in [-0.25, -0.2) is 9.59 Å². The Balaban J connectivity index is 1.60. The molecule has 0 saturated carbocycles. The number of carbonyl (C=O) groups is 2. The predicted molar refractivity (Wildman–Crippen MR) is 246 cm³/mol. The number of methoxy groups -OCH3 is 1. The maximum Gasteiger partial charge on any atom is 0.342 e. The number of phenolic OH excluding ortho intramolecular Hbond substituents is 2. The van der Waals surface area contributed by atoms with Crippen molar-refractivity contribution in [2.45, 2.75) is 173 Å². The Bertz CT molecular complexity index is 2050. The highest BCUT2D eigenvalue weighted by Gasteiger charge is 2.50. The molecule has 14 atom stereocenters. The molecule has 4 rings (SSSR count). The summed E-state index contributed by atoms with van der Waals surface area (Å²) in [5.41, 5.74) is 0.400. The Morgan fingerprint density at radius 3 is 2.22 bits per heavy atom. The number of aromatic hydroxyl groups is 2. The number of halogens is 2. The van der Waals surface area contributed by atoms with E-state index in [-0.39, 0.29) is 41.3 Å². The maximum absolute atomic E-state index is 13.9. The van der Waals surface area contributed by atoms with Crippen molar-refractivity contribution in [2.24, 2.45) is 5.92 Å². The number of hydrogen-bond acceptors (Lipinski definition) is 17. The van der Waals surface area contributed by atoms with Crippen molar-refractivity contribution >= 4 is 35.1 Å². The van der Waals surface area contributed by atoms with Crippen molar-refractivity contribution in [3.8, 4) is 11.5 Å². The van der Waals surface area contributed by atoms with Gasteiger partial charge in [-0.3, -0.25) is 0 Å². The molecule has 0 bridgehead atoms. The number of cyclic esters (lactones) is 1. The number of esters is 2. The van der Waals surface area contributed by atoms with Crippen LogP contribution in [0.1, 0.15) is 97.5 Å². The van der Waals surface area contributed by atoms with Crippen LogP contribution in [-0.2, 0) is 44.4 Å². The van der Waals surface area contributed by atoms with Crippen LogP contribution in [0.15, 0.2) is 58.7 Å². The monoisotopic (exact) mass is 986 g/mol. The van der Waals surface area contributed by atoms with Crippen molar-refractivity contribution in [3.63, 3.8) is 0 Å². The lowest BCUT2D eigenvalue weighted by Crippen LogP contribution is -2.63. The first kappa shape index (κ1) is 56.2. The van der Waals surface area contributed by atoms with Gasteiger partial charge in [-0.2, -0.15) is 0 Å². The summed E-state index contributed by atoms with van der Waals surface area (Å²) >= 11 is 12.3. The van der Waals surface area contributed by atoms with Crippen molar-refractivity contribution in [2.75, 3.05) is 13.7 Å². The van der Waals surface area contributed by atoms with Gasteiger partial charge in [-0.05, 0) is 90.5 Å². The molecule has 0 spiro atoms. The van der Waals surface area contributed by atoms with Gasteiger partial charge in [0.15, 0.2) is 30.2 Å². The first-order valence-electron chi connectivity index (χ1n) is 22.3. The van der Waals surface area contributed by atoms with Crippen LogP contribution in [0.25, 0.3) is 0 Å². The van der Waals surface area contributed by atoms with E-state index in [0.29, 0.717) is 23.1 Å². The van der Waals surface area contributed by atoms with Gasteiger partial charge in [0.2, 0.25) is 0 Å². The lowest BCUT2D eigenvalue weighted by molar-refractivity contribution is -0.331. The van der Waals surface area contributed by atoms with Crippen LogP contribution in [0.2, 0.25) is 10.0 Å². The number of hydrogen-bond donors (Lipinski definition) is 8. The average molecular weight is 988 g/mol. The quantitative estimate of drug-likeness (QED) is 0.107. The molecule has 1 aromatic carbocycles.